The highest BCUT2D eigenvalue weighted by atomic mass is 32.2. The number of nitrogens with zero attached hydrogens (tertiary/aromatic N) is 1. The number of aromatic nitrogens is 1. The molecule has 0 aliphatic heterocycles. The predicted molar refractivity (Wildman–Crippen MR) is 88.8 cm³/mol. The Hall–Kier alpha value is -1.85. The van der Waals surface area contributed by atoms with Gasteiger partial charge in [0.05, 0.1) is 0 Å². The average molecular weight is 316 g/mol. The zero-order valence-corrected chi connectivity index (χ0v) is 13.3. The zero-order chi connectivity index (χ0) is 15.8. The van der Waals surface area contributed by atoms with Gasteiger partial charge >= 0.3 is 0 Å². The van der Waals surface area contributed by atoms with E-state index in [2.05, 4.69) is 10.3 Å². The van der Waals surface area contributed by atoms with Crippen LogP contribution in [-0.4, -0.2) is 29.1 Å². The Morgan fingerprint density at radius 2 is 2.09 bits per heavy atom. The topological polar surface area (TPSA) is 62.2 Å². The molecule has 0 fully saturated rings. The van der Waals surface area contributed by atoms with E-state index in [1.807, 2.05) is 49.5 Å². The van der Waals surface area contributed by atoms with Crippen LogP contribution < -0.4 is 5.32 Å². The van der Waals surface area contributed by atoms with Gasteiger partial charge in [-0.2, -0.15) is 0 Å². The van der Waals surface area contributed by atoms with Crippen LogP contribution >= 0.6 is 11.8 Å². The number of carbonyl (C=O) groups excluding carboxylic acids is 1. The molecule has 2 aromatic rings. The molecular weight excluding hydrogens is 296 g/mol. The molecule has 1 unspecified atom stereocenters. The maximum absolute atomic E-state index is 11.9. The van der Waals surface area contributed by atoms with Crippen LogP contribution in [-0.2, 0) is 5.75 Å². The number of aliphatic hydroxyl groups is 1. The van der Waals surface area contributed by atoms with E-state index in [9.17, 15) is 4.79 Å². The van der Waals surface area contributed by atoms with Gasteiger partial charge < -0.3 is 10.4 Å². The predicted octanol–water partition coefficient (Wildman–Crippen LogP) is 2.73. The van der Waals surface area contributed by atoms with Crippen molar-refractivity contribution in [3.63, 3.8) is 0 Å². The van der Waals surface area contributed by atoms with E-state index in [1.54, 1.807) is 18.0 Å². The van der Waals surface area contributed by atoms with Gasteiger partial charge in [0.15, 0.2) is 0 Å². The molecule has 2 rings (SSSR count). The van der Waals surface area contributed by atoms with Crippen molar-refractivity contribution in [1.82, 2.24) is 10.3 Å². The van der Waals surface area contributed by atoms with E-state index in [0.717, 1.165) is 10.6 Å². The van der Waals surface area contributed by atoms with Gasteiger partial charge in [-0.3, -0.25) is 9.78 Å². The molecule has 1 amide bonds. The summed E-state index contributed by atoms with van der Waals surface area (Å²) in [4.78, 5) is 17.2. The van der Waals surface area contributed by atoms with E-state index in [-0.39, 0.29) is 18.4 Å². The lowest BCUT2D eigenvalue weighted by molar-refractivity contribution is 0.0942. The van der Waals surface area contributed by atoms with Gasteiger partial charge in [0.25, 0.3) is 5.91 Å². The summed E-state index contributed by atoms with van der Waals surface area (Å²) < 4.78 is 0. The van der Waals surface area contributed by atoms with E-state index < -0.39 is 0 Å². The van der Waals surface area contributed by atoms with Crippen molar-refractivity contribution in [3.8, 4) is 0 Å². The Labute approximate surface area is 135 Å². The van der Waals surface area contributed by atoms with Crippen molar-refractivity contribution >= 4 is 17.7 Å². The second kappa shape index (κ2) is 8.56. The smallest absolute Gasteiger partial charge is 0.251 e. The summed E-state index contributed by atoms with van der Waals surface area (Å²) in [6, 6.07) is 11.5. The summed E-state index contributed by atoms with van der Waals surface area (Å²) in [5.41, 5.74) is 1.81. The third-order valence-corrected chi connectivity index (χ3v) is 4.25. The first-order valence-electron chi connectivity index (χ1n) is 7.20. The van der Waals surface area contributed by atoms with E-state index in [4.69, 9.17) is 5.11 Å². The SMILES string of the molecule is CC(CO)CNC(=O)c1ccc(SCc2cccnc2)cc1. The molecule has 0 spiro atoms. The van der Waals surface area contributed by atoms with Crippen molar-refractivity contribution in [1.29, 1.82) is 0 Å². The molecule has 5 heteroatoms. The van der Waals surface area contributed by atoms with Crippen molar-refractivity contribution in [2.24, 2.45) is 5.92 Å². The third kappa shape index (κ3) is 5.16. The molecule has 4 nitrogen and oxygen atoms in total. The summed E-state index contributed by atoms with van der Waals surface area (Å²) in [6.07, 6.45) is 3.62. The minimum Gasteiger partial charge on any atom is -0.396 e. The molecule has 1 heterocycles. The highest BCUT2D eigenvalue weighted by Crippen LogP contribution is 2.22. The molecule has 0 aliphatic carbocycles. The lowest BCUT2D eigenvalue weighted by Crippen LogP contribution is -2.29. The highest BCUT2D eigenvalue weighted by molar-refractivity contribution is 7.98. The van der Waals surface area contributed by atoms with Crippen molar-refractivity contribution in [3.05, 3.63) is 59.9 Å². The van der Waals surface area contributed by atoms with Gasteiger partial charge in [0.1, 0.15) is 0 Å². The summed E-state index contributed by atoms with van der Waals surface area (Å²) in [7, 11) is 0. The maximum Gasteiger partial charge on any atom is 0.251 e. The van der Waals surface area contributed by atoms with Crippen LogP contribution in [0.25, 0.3) is 0 Å². The van der Waals surface area contributed by atoms with Crippen LogP contribution in [0.15, 0.2) is 53.7 Å². The van der Waals surface area contributed by atoms with E-state index in [1.165, 1.54) is 5.56 Å². The van der Waals surface area contributed by atoms with Crippen molar-refractivity contribution in [2.75, 3.05) is 13.2 Å². The summed E-state index contributed by atoms with van der Waals surface area (Å²) in [5.74, 6) is 0.815. The Balaban J connectivity index is 1.86. The molecular formula is C17H20N2O2S. The number of benzene rings is 1. The maximum atomic E-state index is 11.9. The number of hydrogen-bond acceptors (Lipinski definition) is 4. The normalized spacial score (nSPS) is 11.9. The van der Waals surface area contributed by atoms with Gasteiger partial charge in [-0.25, -0.2) is 0 Å². The fraction of sp³-hybridized carbons (Fsp3) is 0.294. The largest absolute Gasteiger partial charge is 0.396 e. The first kappa shape index (κ1) is 16.5. The van der Waals surface area contributed by atoms with Gasteiger partial charge in [-0.05, 0) is 41.8 Å². The fourth-order valence-electron chi connectivity index (χ4n) is 1.79. The molecule has 0 saturated heterocycles. The van der Waals surface area contributed by atoms with Crippen LogP contribution in [0.3, 0.4) is 0 Å². The van der Waals surface area contributed by atoms with E-state index >= 15 is 0 Å². The molecule has 1 atom stereocenters. The molecule has 116 valence electrons. The van der Waals surface area contributed by atoms with Gasteiger partial charge in [-0.1, -0.05) is 13.0 Å². The van der Waals surface area contributed by atoms with Gasteiger partial charge in [0.2, 0.25) is 0 Å². The first-order valence-corrected chi connectivity index (χ1v) is 8.18. The van der Waals surface area contributed by atoms with E-state index in [0.29, 0.717) is 12.1 Å². The molecule has 0 saturated carbocycles. The fourth-order valence-corrected chi connectivity index (χ4v) is 2.62. The standard InChI is InChI=1S/C17H20N2O2S/c1-13(11-20)9-19-17(21)15-4-6-16(7-5-15)22-12-14-3-2-8-18-10-14/h2-8,10,13,20H,9,11-12H2,1H3,(H,19,21). The Kier molecular flexibility index (Phi) is 6.43. The number of thioether (sulfide) groups is 1. The Morgan fingerprint density at radius 3 is 2.73 bits per heavy atom. The van der Waals surface area contributed by atoms with Crippen LogP contribution in [0.4, 0.5) is 0 Å². The van der Waals surface area contributed by atoms with Gasteiger partial charge in [-0.15, -0.1) is 11.8 Å². The number of nitrogens with one attached hydrogen (secondary N) is 1. The Bertz CT molecular complexity index is 587. The van der Waals surface area contributed by atoms with Crippen LogP contribution in [0.1, 0.15) is 22.8 Å². The number of amides is 1. The van der Waals surface area contributed by atoms with Crippen LogP contribution in [0, 0.1) is 5.92 Å². The quantitative estimate of drug-likeness (QED) is 0.771. The van der Waals surface area contributed by atoms with Crippen molar-refractivity contribution in [2.45, 2.75) is 17.6 Å². The molecule has 1 aromatic heterocycles. The minimum atomic E-state index is -0.107. The highest BCUT2D eigenvalue weighted by Gasteiger charge is 2.07. The second-order valence-corrected chi connectivity index (χ2v) is 6.22. The number of pyridine rings is 1. The number of aliphatic hydroxyl groups excluding tert-OH is 1. The average Bonchev–Trinajstić information content (AvgIpc) is 2.59. The molecule has 0 radical (unpaired) electrons. The van der Waals surface area contributed by atoms with Gasteiger partial charge in [0, 0.05) is 41.8 Å². The number of rotatable bonds is 7. The van der Waals surface area contributed by atoms with Crippen LogP contribution in [0.2, 0.25) is 0 Å². The monoisotopic (exact) mass is 316 g/mol. The minimum absolute atomic E-state index is 0.0678. The number of hydrogen-bond donors (Lipinski definition) is 2. The van der Waals surface area contributed by atoms with Crippen molar-refractivity contribution < 1.29 is 9.90 Å². The number of carbonyl (C=O) groups is 1. The molecule has 2 N–H and O–H groups in total. The molecule has 1 aromatic carbocycles. The lowest BCUT2D eigenvalue weighted by Gasteiger charge is -2.10. The molecule has 0 aliphatic rings. The summed E-state index contributed by atoms with van der Waals surface area (Å²) in [6.45, 7) is 2.44. The molecule has 0 bridgehead atoms. The Morgan fingerprint density at radius 1 is 1.32 bits per heavy atom. The summed E-state index contributed by atoms with van der Waals surface area (Å²) in [5, 5.41) is 11.8. The lowest BCUT2D eigenvalue weighted by atomic mass is 10.2. The first-order chi connectivity index (χ1) is 10.7. The summed E-state index contributed by atoms with van der Waals surface area (Å²) >= 11 is 1.71. The second-order valence-electron chi connectivity index (χ2n) is 5.17. The zero-order valence-electron chi connectivity index (χ0n) is 12.5. The third-order valence-electron chi connectivity index (χ3n) is 3.17. The van der Waals surface area contributed by atoms with Crippen LogP contribution in [0.5, 0.6) is 0 Å². The molecule has 22 heavy (non-hydrogen) atoms.